The van der Waals surface area contributed by atoms with Gasteiger partial charge in [-0.25, -0.2) is 9.97 Å². The van der Waals surface area contributed by atoms with E-state index in [1.807, 2.05) is 0 Å². The number of benzene rings is 1. The number of hydrogen-bond donors (Lipinski definition) is 2. The van der Waals surface area contributed by atoms with E-state index in [0.29, 0.717) is 17.8 Å². The molecule has 0 fully saturated rings. The van der Waals surface area contributed by atoms with E-state index in [2.05, 4.69) is 15.3 Å². The Hall–Kier alpha value is -4.51. The maximum Gasteiger partial charge on any atom is 0.417 e. The minimum Gasteiger partial charge on any atom is -0.481 e. The molecule has 9 nitrogen and oxygen atoms in total. The quantitative estimate of drug-likeness (QED) is 0.148. The first-order valence-electron chi connectivity index (χ1n) is 15.4. The van der Waals surface area contributed by atoms with Crippen LogP contribution in [0.4, 0.5) is 51.1 Å². The first kappa shape index (κ1) is 38.3. The van der Waals surface area contributed by atoms with Crippen LogP contribution in [0.2, 0.25) is 0 Å². The number of allylic oxidation sites excluding steroid dienone is 1. The Morgan fingerprint density at radius 3 is 2.18 bits per heavy atom. The fourth-order valence-corrected chi connectivity index (χ4v) is 6.01. The van der Waals surface area contributed by atoms with Crippen molar-refractivity contribution in [3.63, 3.8) is 0 Å². The normalized spacial score (nSPS) is 21.0. The van der Waals surface area contributed by atoms with Gasteiger partial charge in [0.05, 0.1) is 47.8 Å². The summed E-state index contributed by atoms with van der Waals surface area (Å²) in [5, 5.41) is 11.3. The van der Waals surface area contributed by atoms with Gasteiger partial charge in [-0.3, -0.25) is 9.59 Å². The van der Waals surface area contributed by atoms with E-state index in [1.54, 1.807) is 25.9 Å². The number of halogens is 9. The van der Waals surface area contributed by atoms with E-state index in [1.165, 1.54) is 17.3 Å². The zero-order chi connectivity index (χ0) is 37.2. The number of carboxylic acid groups (broad SMARTS) is 1. The van der Waals surface area contributed by atoms with Crippen LogP contribution in [0.15, 0.2) is 54.0 Å². The highest BCUT2D eigenvalue weighted by atomic mass is 19.4. The zero-order valence-corrected chi connectivity index (χ0v) is 27.0. The Morgan fingerprint density at radius 2 is 1.64 bits per heavy atom. The van der Waals surface area contributed by atoms with Gasteiger partial charge in [-0.1, -0.05) is 31.6 Å². The Labute approximate surface area is 280 Å². The molecule has 0 saturated heterocycles. The second-order valence-corrected chi connectivity index (χ2v) is 12.1. The number of carboxylic acids is 1. The molecule has 0 spiro atoms. The van der Waals surface area contributed by atoms with Crippen LogP contribution < -0.4 is 15.1 Å². The van der Waals surface area contributed by atoms with Crippen molar-refractivity contribution < 1.29 is 58.9 Å². The number of carbonyl (C=O) groups is 2. The molecule has 50 heavy (non-hydrogen) atoms. The fourth-order valence-electron chi connectivity index (χ4n) is 6.01. The van der Waals surface area contributed by atoms with E-state index in [4.69, 9.17) is 9.84 Å². The van der Waals surface area contributed by atoms with Crippen molar-refractivity contribution in [2.45, 2.75) is 69.8 Å². The minimum atomic E-state index is -5.39. The molecule has 274 valence electrons. The van der Waals surface area contributed by atoms with Gasteiger partial charge in [0.25, 0.3) is 0 Å². The van der Waals surface area contributed by atoms with Crippen LogP contribution >= 0.6 is 0 Å². The van der Waals surface area contributed by atoms with Crippen LogP contribution in [0.5, 0.6) is 0 Å². The maximum atomic E-state index is 14.1. The molecule has 2 aromatic rings. The van der Waals surface area contributed by atoms with Gasteiger partial charge in [0.1, 0.15) is 6.04 Å². The van der Waals surface area contributed by atoms with Crippen LogP contribution in [-0.4, -0.2) is 66.0 Å². The summed E-state index contributed by atoms with van der Waals surface area (Å²) in [5.41, 5.74) is -3.62. The molecule has 0 radical (unpaired) electrons. The lowest BCUT2D eigenvalue weighted by Crippen LogP contribution is -2.53. The summed E-state index contributed by atoms with van der Waals surface area (Å²) >= 11 is 0. The summed E-state index contributed by atoms with van der Waals surface area (Å²) in [4.78, 5) is 35.9. The number of ether oxygens (including phenoxy) is 1. The molecule has 2 heterocycles. The first-order chi connectivity index (χ1) is 23.2. The largest absolute Gasteiger partial charge is 0.481 e. The molecule has 4 atom stereocenters. The Bertz CT molecular complexity index is 1600. The number of alkyl halides is 9. The first-order valence-corrected chi connectivity index (χ1v) is 15.4. The number of esters is 1. The van der Waals surface area contributed by atoms with Crippen molar-refractivity contribution >= 4 is 23.6 Å². The molecule has 0 amide bonds. The van der Waals surface area contributed by atoms with Gasteiger partial charge in [0.2, 0.25) is 5.95 Å². The fraction of sp³-hybridized carbons (Fsp3) is 0.500. The van der Waals surface area contributed by atoms with Crippen molar-refractivity contribution in [1.82, 2.24) is 15.3 Å². The van der Waals surface area contributed by atoms with Gasteiger partial charge in [-0.15, -0.1) is 0 Å². The van der Waals surface area contributed by atoms with E-state index in [-0.39, 0.29) is 55.1 Å². The third-order valence-corrected chi connectivity index (χ3v) is 8.49. The smallest absolute Gasteiger partial charge is 0.417 e. The Morgan fingerprint density at radius 1 is 1.00 bits per heavy atom. The van der Waals surface area contributed by atoms with Crippen molar-refractivity contribution in [2.24, 2.45) is 11.8 Å². The minimum absolute atomic E-state index is 0.00947. The van der Waals surface area contributed by atoms with Crippen LogP contribution in [-0.2, 0) is 33.2 Å². The topological polar surface area (TPSA) is 108 Å². The van der Waals surface area contributed by atoms with E-state index >= 15 is 0 Å². The average molecular weight is 724 g/mol. The highest BCUT2D eigenvalue weighted by Gasteiger charge is 2.48. The molecule has 1 aliphatic carbocycles. The molecule has 2 N–H and O–H groups in total. The van der Waals surface area contributed by atoms with Crippen molar-refractivity contribution in [1.29, 1.82) is 0 Å². The summed E-state index contributed by atoms with van der Waals surface area (Å²) in [6.45, 7) is 0.890. The molecule has 18 heteroatoms. The predicted octanol–water partition coefficient (Wildman–Crippen LogP) is 6.75. The number of aliphatic carboxylic acids is 1. The van der Waals surface area contributed by atoms with Crippen molar-refractivity contribution in [3.8, 4) is 0 Å². The summed E-state index contributed by atoms with van der Waals surface area (Å²) in [6.07, 6.45) is -10.9. The van der Waals surface area contributed by atoms with E-state index in [9.17, 15) is 49.1 Å². The van der Waals surface area contributed by atoms with Crippen LogP contribution in [0.1, 0.15) is 49.3 Å². The maximum absolute atomic E-state index is 14.1. The molecular weight excluding hydrogens is 689 g/mol. The lowest BCUT2D eigenvalue weighted by atomic mass is 9.72. The summed E-state index contributed by atoms with van der Waals surface area (Å²) in [6, 6.07) is -1.88. The molecule has 1 aromatic heterocycles. The van der Waals surface area contributed by atoms with Gasteiger partial charge in [-0.05, 0) is 42.0 Å². The number of anilines is 2. The van der Waals surface area contributed by atoms with E-state index in [0.717, 1.165) is 18.2 Å². The monoisotopic (exact) mass is 723 g/mol. The summed E-state index contributed by atoms with van der Waals surface area (Å²) in [7, 11) is 3.36. The lowest BCUT2D eigenvalue weighted by molar-refractivity contribution is -0.162. The molecule has 2 aliphatic rings. The second-order valence-electron chi connectivity index (χ2n) is 12.1. The SMILES string of the molecule is CC[C@@H]1C[C@@H](N(Cc2ccc(C(F)(F)F)c(C(F)(F)F)c2)c2ncc(N(C)C)cn2)C2=C(C=CC(C(F)(F)F)N2)C1C(=O)OCCCC(=O)O. The number of aromatic nitrogens is 2. The molecular formula is C32H34F9N5O4. The van der Waals surface area contributed by atoms with Crippen LogP contribution in [0.25, 0.3) is 0 Å². The second kappa shape index (κ2) is 14.8. The zero-order valence-electron chi connectivity index (χ0n) is 27.0. The van der Waals surface area contributed by atoms with Gasteiger partial charge in [0, 0.05) is 32.8 Å². The highest BCUT2D eigenvalue weighted by molar-refractivity contribution is 5.78. The van der Waals surface area contributed by atoms with Crippen molar-refractivity contribution in [3.05, 3.63) is 70.7 Å². The van der Waals surface area contributed by atoms with Gasteiger partial charge in [-0.2, -0.15) is 39.5 Å². The molecule has 0 bridgehead atoms. The highest BCUT2D eigenvalue weighted by Crippen LogP contribution is 2.44. The number of dihydropyridines is 1. The number of nitrogens with zero attached hydrogens (tertiary/aromatic N) is 4. The number of rotatable bonds is 11. The summed E-state index contributed by atoms with van der Waals surface area (Å²) < 4.78 is 130. The third kappa shape index (κ3) is 8.79. The van der Waals surface area contributed by atoms with Crippen LogP contribution in [0, 0.1) is 11.8 Å². The molecule has 1 aromatic carbocycles. The summed E-state index contributed by atoms with van der Waals surface area (Å²) in [5.74, 6) is -3.78. The number of hydrogen-bond acceptors (Lipinski definition) is 8. The molecule has 1 aliphatic heterocycles. The number of nitrogens with one attached hydrogen (secondary N) is 1. The van der Waals surface area contributed by atoms with Gasteiger partial charge < -0.3 is 25.0 Å². The average Bonchev–Trinajstić information content (AvgIpc) is 3.03. The van der Waals surface area contributed by atoms with Gasteiger partial charge in [0.15, 0.2) is 0 Å². The molecule has 4 rings (SSSR count). The Kier molecular flexibility index (Phi) is 11.3. The third-order valence-electron chi connectivity index (χ3n) is 8.49. The standard InChI is InChI=1S/C32H34F9N5O4/c1-4-18-13-23(27-20(8-10-24(44-27)32(39,40)41)26(18)28(49)50-11-5-6-25(47)48)46(29-42-14-19(15-43-29)45(2)3)16-17-7-9-21(30(33,34)35)22(12-17)31(36,37)38/h7-10,12,14-15,18,23-24,26,44H,4-6,11,13,16H2,1-3H3,(H,47,48)/t18-,23-,24?,26?/m1/s1. The van der Waals surface area contributed by atoms with Gasteiger partial charge >= 0.3 is 30.5 Å². The number of carbonyl (C=O) groups excluding carboxylic acids is 1. The molecule has 0 saturated carbocycles. The Balaban J connectivity index is 1.86. The van der Waals surface area contributed by atoms with E-state index < -0.39 is 72.1 Å². The van der Waals surface area contributed by atoms with Crippen LogP contribution in [0.3, 0.4) is 0 Å². The molecule has 2 unspecified atom stereocenters. The van der Waals surface area contributed by atoms with Crippen molar-refractivity contribution in [2.75, 3.05) is 30.5 Å². The lowest BCUT2D eigenvalue weighted by Gasteiger charge is -2.45. The predicted molar refractivity (Wildman–Crippen MR) is 162 cm³/mol.